The van der Waals surface area contributed by atoms with Crippen LogP contribution in [-0.2, 0) is 27.3 Å². The monoisotopic (exact) mass is 566 g/mol. The van der Waals surface area contributed by atoms with Crippen molar-refractivity contribution in [2.75, 3.05) is 32.8 Å². The second kappa shape index (κ2) is 13.6. The van der Waals surface area contributed by atoms with Gasteiger partial charge in [-0.1, -0.05) is 43.7 Å². The third kappa shape index (κ3) is 7.64. The molecule has 0 atom stereocenters. The van der Waals surface area contributed by atoms with Crippen LogP contribution in [0.1, 0.15) is 67.9 Å². The van der Waals surface area contributed by atoms with Gasteiger partial charge in [-0.25, -0.2) is 14.5 Å². The third-order valence-corrected chi connectivity index (χ3v) is 7.38. The molecule has 0 saturated carbocycles. The number of ether oxygens (including phenoxy) is 4. The van der Waals surface area contributed by atoms with Crippen LogP contribution in [0.2, 0.25) is 0 Å². The van der Waals surface area contributed by atoms with Gasteiger partial charge in [0.1, 0.15) is 23.7 Å². The van der Waals surface area contributed by atoms with Crippen LogP contribution in [0.4, 0.5) is 9.59 Å². The SMILES string of the molecule is CCCc1c(OCCCN2CCC3(CC2)CN(C(=O)OCc2ccccc2)C(=O)O3)ccc(C(C)=O)c1OC(C)=O. The number of Topliss-reactive ketones (excluding diaryl/α,β-unsaturated/α-hetero) is 1. The second-order valence-corrected chi connectivity index (χ2v) is 10.5. The standard InChI is InChI=1S/C31H38N2O8/c1-4-9-26-27(13-12-25(22(2)34)28(26)40-23(3)35)38-19-8-16-32-17-14-31(15-18-32)21-33(30(37)41-31)29(36)39-20-24-10-6-5-7-11-24/h5-7,10-13H,4,8-9,14-21H2,1-3H3. The molecule has 2 aliphatic rings. The maximum atomic E-state index is 12.5. The maximum Gasteiger partial charge on any atom is 0.420 e. The highest BCUT2D eigenvalue weighted by molar-refractivity contribution is 5.98. The van der Waals surface area contributed by atoms with E-state index in [0.717, 1.165) is 48.5 Å². The first-order valence-corrected chi connectivity index (χ1v) is 14.1. The molecule has 0 aromatic heterocycles. The Labute approximate surface area is 240 Å². The number of carbonyl (C=O) groups is 4. The molecule has 0 unspecified atom stereocenters. The summed E-state index contributed by atoms with van der Waals surface area (Å²) in [5, 5.41) is 0. The molecule has 2 saturated heterocycles. The van der Waals surface area contributed by atoms with Crippen molar-refractivity contribution in [2.24, 2.45) is 0 Å². The fraction of sp³-hybridized carbons (Fsp3) is 0.484. The molecule has 2 aromatic carbocycles. The van der Waals surface area contributed by atoms with Gasteiger partial charge in [-0.15, -0.1) is 0 Å². The molecule has 0 aliphatic carbocycles. The van der Waals surface area contributed by atoms with Gasteiger partial charge < -0.3 is 23.8 Å². The minimum atomic E-state index is -0.689. The van der Waals surface area contributed by atoms with Crippen molar-refractivity contribution >= 4 is 23.9 Å². The molecule has 1 spiro atoms. The van der Waals surface area contributed by atoms with Gasteiger partial charge >= 0.3 is 18.2 Å². The van der Waals surface area contributed by atoms with Crippen LogP contribution in [0, 0.1) is 0 Å². The number of ketones is 1. The highest BCUT2D eigenvalue weighted by atomic mass is 16.6. The number of rotatable bonds is 11. The van der Waals surface area contributed by atoms with Gasteiger partial charge in [0.15, 0.2) is 5.78 Å². The Kier molecular flexibility index (Phi) is 9.99. The average molecular weight is 567 g/mol. The lowest BCUT2D eigenvalue weighted by atomic mass is 9.91. The first-order chi connectivity index (χ1) is 19.7. The average Bonchev–Trinajstić information content (AvgIpc) is 3.27. The summed E-state index contributed by atoms with van der Waals surface area (Å²) in [6, 6.07) is 12.7. The highest BCUT2D eigenvalue weighted by Crippen LogP contribution is 2.35. The van der Waals surface area contributed by atoms with E-state index in [-0.39, 0.29) is 24.7 Å². The van der Waals surface area contributed by atoms with Crippen LogP contribution in [0.3, 0.4) is 0 Å². The van der Waals surface area contributed by atoms with Gasteiger partial charge in [0.05, 0.1) is 18.7 Å². The van der Waals surface area contributed by atoms with E-state index in [2.05, 4.69) is 4.90 Å². The molecule has 0 bridgehead atoms. The normalized spacial score (nSPS) is 16.4. The number of amides is 2. The van der Waals surface area contributed by atoms with Crippen molar-refractivity contribution in [3.63, 3.8) is 0 Å². The van der Waals surface area contributed by atoms with Crippen molar-refractivity contribution in [3.05, 3.63) is 59.2 Å². The quantitative estimate of drug-likeness (QED) is 0.158. The molecule has 220 valence electrons. The summed E-state index contributed by atoms with van der Waals surface area (Å²) in [7, 11) is 0. The summed E-state index contributed by atoms with van der Waals surface area (Å²) in [5.74, 6) is 0.246. The van der Waals surface area contributed by atoms with Gasteiger partial charge in [-0.05, 0) is 37.5 Å². The first-order valence-electron chi connectivity index (χ1n) is 14.1. The molecule has 10 nitrogen and oxygen atoms in total. The largest absolute Gasteiger partial charge is 0.493 e. The molecular formula is C31H38N2O8. The van der Waals surface area contributed by atoms with Crippen molar-refractivity contribution in [1.29, 1.82) is 0 Å². The molecule has 41 heavy (non-hydrogen) atoms. The molecule has 4 rings (SSSR count). The zero-order valence-electron chi connectivity index (χ0n) is 24.0. The molecule has 0 N–H and O–H groups in total. The molecular weight excluding hydrogens is 528 g/mol. The van der Waals surface area contributed by atoms with Crippen LogP contribution in [0.5, 0.6) is 11.5 Å². The van der Waals surface area contributed by atoms with E-state index in [0.29, 0.717) is 37.2 Å². The molecule has 2 amide bonds. The summed E-state index contributed by atoms with van der Waals surface area (Å²) in [4.78, 5) is 52.2. The van der Waals surface area contributed by atoms with Crippen molar-refractivity contribution < 1.29 is 38.1 Å². The number of benzene rings is 2. The van der Waals surface area contributed by atoms with Crippen molar-refractivity contribution in [1.82, 2.24) is 9.80 Å². The molecule has 0 radical (unpaired) electrons. The Hall–Kier alpha value is -3.92. The minimum absolute atomic E-state index is 0.0954. The summed E-state index contributed by atoms with van der Waals surface area (Å²) in [6.45, 7) is 7.76. The summed E-state index contributed by atoms with van der Waals surface area (Å²) in [6.07, 6.45) is 2.08. The van der Waals surface area contributed by atoms with Crippen LogP contribution in [0.25, 0.3) is 0 Å². The van der Waals surface area contributed by atoms with Crippen molar-refractivity contribution in [2.45, 2.75) is 65.1 Å². The summed E-state index contributed by atoms with van der Waals surface area (Å²) < 4.78 is 22.5. The van der Waals surface area contributed by atoms with Crippen molar-refractivity contribution in [3.8, 4) is 11.5 Å². The van der Waals surface area contributed by atoms with Gasteiger partial charge in [-0.2, -0.15) is 0 Å². The van der Waals surface area contributed by atoms with E-state index in [9.17, 15) is 19.2 Å². The lowest BCUT2D eigenvalue weighted by Gasteiger charge is -2.37. The van der Waals surface area contributed by atoms with Crippen LogP contribution >= 0.6 is 0 Å². The number of likely N-dealkylation sites (tertiary alicyclic amines) is 1. The van der Waals surface area contributed by atoms with E-state index in [1.54, 1.807) is 12.1 Å². The Morgan fingerprint density at radius 2 is 1.76 bits per heavy atom. The predicted octanol–water partition coefficient (Wildman–Crippen LogP) is 5.16. The summed E-state index contributed by atoms with van der Waals surface area (Å²) >= 11 is 0. The number of esters is 1. The Morgan fingerprint density at radius 1 is 1.02 bits per heavy atom. The Balaban J connectivity index is 1.25. The molecule has 10 heteroatoms. The van der Waals surface area contributed by atoms with E-state index in [4.69, 9.17) is 18.9 Å². The van der Waals surface area contributed by atoms with Gasteiger partial charge in [0, 0.05) is 45.0 Å². The number of nitrogens with zero attached hydrogens (tertiary/aromatic N) is 2. The lowest BCUT2D eigenvalue weighted by Crippen LogP contribution is -2.47. The van der Waals surface area contributed by atoms with E-state index in [1.165, 1.54) is 13.8 Å². The molecule has 2 fully saturated rings. The van der Waals surface area contributed by atoms with Crippen LogP contribution < -0.4 is 9.47 Å². The molecule has 2 aliphatic heterocycles. The maximum absolute atomic E-state index is 12.5. The smallest absolute Gasteiger partial charge is 0.420 e. The topological polar surface area (TPSA) is 112 Å². The summed E-state index contributed by atoms with van der Waals surface area (Å²) in [5.41, 5.74) is 1.26. The lowest BCUT2D eigenvalue weighted by molar-refractivity contribution is -0.131. The number of hydrogen-bond donors (Lipinski definition) is 0. The highest BCUT2D eigenvalue weighted by Gasteiger charge is 2.49. The minimum Gasteiger partial charge on any atom is -0.493 e. The molecule has 2 heterocycles. The zero-order valence-corrected chi connectivity index (χ0v) is 24.0. The van der Waals surface area contributed by atoms with Crippen LogP contribution in [-0.4, -0.2) is 72.1 Å². The van der Waals surface area contributed by atoms with Crippen LogP contribution in [0.15, 0.2) is 42.5 Å². The van der Waals surface area contributed by atoms with Gasteiger partial charge in [-0.3, -0.25) is 9.59 Å². The fourth-order valence-electron chi connectivity index (χ4n) is 5.25. The van der Waals surface area contributed by atoms with E-state index < -0.39 is 23.8 Å². The van der Waals surface area contributed by atoms with E-state index >= 15 is 0 Å². The number of imide groups is 1. The zero-order chi connectivity index (χ0) is 29.4. The van der Waals surface area contributed by atoms with Gasteiger partial charge in [0.25, 0.3) is 0 Å². The number of hydrogen-bond acceptors (Lipinski definition) is 9. The third-order valence-electron chi connectivity index (χ3n) is 7.38. The predicted molar refractivity (Wildman–Crippen MR) is 150 cm³/mol. The van der Waals surface area contributed by atoms with Gasteiger partial charge in [0.2, 0.25) is 0 Å². The number of piperidine rings is 1. The first kappa shape index (κ1) is 30.0. The number of carbonyl (C=O) groups excluding carboxylic acids is 4. The Morgan fingerprint density at radius 3 is 2.41 bits per heavy atom. The molecule has 2 aromatic rings. The van der Waals surface area contributed by atoms with E-state index in [1.807, 2.05) is 37.3 Å². The fourth-order valence-corrected chi connectivity index (χ4v) is 5.25. The Bertz CT molecular complexity index is 1250. The second-order valence-electron chi connectivity index (χ2n) is 10.5.